The molecule has 0 amide bonds. The maximum atomic E-state index is 13.3. The molecular weight excluding hydrogens is 238 g/mol. The van der Waals surface area contributed by atoms with Crippen molar-refractivity contribution in [1.29, 1.82) is 0 Å². The minimum absolute atomic E-state index is 0.130. The maximum absolute atomic E-state index is 13.3. The van der Waals surface area contributed by atoms with Gasteiger partial charge in [-0.3, -0.25) is 0 Å². The molecule has 0 heterocycles. The van der Waals surface area contributed by atoms with Crippen LogP contribution in [0.25, 0.3) is 0 Å². The Morgan fingerprint density at radius 3 is 1.88 bits per heavy atom. The molecule has 0 aromatic heterocycles. The van der Waals surface area contributed by atoms with Crippen molar-refractivity contribution in [3.8, 4) is 0 Å². The zero-order valence-corrected chi connectivity index (χ0v) is 9.61. The van der Waals surface area contributed by atoms with E-state index >= 15 is 0 Å². The Bertz CT molecular complexity index is 402. The molecule has 6 heteroatoms. The summed E-state index contributed by atoms with van der Waals surface area (Å²) in [6.07, 6.45) is 0. The monoisotopic (exact) mass is 251 g/mol. The smallest absolute Gasteiger partial charge is 0.185 e. The van der Waals surface area contributed by atoms with Gasteiger partial charge in [0.05, 0.1) is 11.6 Å². The summed E-state index contributed by atoms with van der Waals surface area (Å²) < 4.78 is 52.3. The summed E-state index contributed by atoms with van der Waals surface area (Å²) in [7, 11) is 0. The highest BCUT2D eigenvalue weighted by atomic mass is 19.2. The molecule has 0 aliphatic carbocycles. The van der Waals surface area contributed by atoms with E-state index in [0.717, 1.165) is 0 Å². The van der Waals surface area contributed by atoms with E-state index in [1.807, 2.05) is 0 Å². The van der Waals surface area contributed by atoms with E-state index in [1.54, 1.807) is 0 Å². The highest BCUT2D eigenvalue weighted by Gasteiger charge is 2.26. The van der Waals surface area contributed by atoms with Gasteiger partial charge in [-0.25, -0.2) is 17.6 Å². The van der Waals surface area contributed by atoms with Crippen LogP contribution in [0, 0.1) is 23.3 Å². The van der Waals surface area contributed by atoms with Gasteiger partial charge in [0.15, 0.2) is 23.3 Å². The quantitative estimate of drug-likeness (QED) is 0.639. The first-order valence-corrected chi connectivity index (χ1v) is 4.96. The van der Waals surface area contributed by atoms with Gasteiger partial charge in [0.1, 0.15) is 5.69 Å². The first kappa shape index (κ1) is 13.8. The Hall–Kier alpha value is -1.30. The number of anilines is 1. The van der Waals surface area contributed by atoms with Gasteiger partial charge in [0.25, 0.3) is 0 Å². The molecule has 17 heavy (non-hydrogen) atoms. The lowest BCUT2D eigenvalue weighted by Crippen LogP contribution is -2.40. The SMILES string of the molecule is CC(Nc1c(F)c(F)cc(F)c1F)C(C)(C)O. The predicted octanol–water partition coefficient (Wildman–Crippen LogP) is 2.81. The third-order valence-electron chi connectivity index (χ3n) is 2.53. The van der Waals surface area contributed by atoms with Crippen LogP contribution in [0.1, 0.15) is 20.8 Å². The van der Waals surface area contributed by atoms with Crippen LogP contribution >= 0.6 is 0 Å². The van der Waals surface area contributed by atoms with Gasteiger partial charge in [-0.05, 0) is 20.8 Å². The summed E-state index contributed by atoms with van der Waals surface area (Å²) in [5, 5.41) is 11.8. The van der Waals surface area contributed by atoms with Crippen LogP contribution in [0.15, 0.2) is 6.07 Å². The van der Waals surface area contributed by atoms with Crippen LogP contribution < -0.4 is 5.32 Å². The fraction of sp³-hybridized carbons (Fsp3) is 0.455. The minimum atomic E-state index is -1.51. The molecule has 0 radical (unpaired) electrons. The van der Waals surface area contributed by atoms with Gasteiger partial charge in [0.2, 0.25) is 0 Å². The molecule has 2 N–H and O–H groups in total. The molecule has 2 nitrogen and oxygen atoms in total. The van der Waals surface area contributed by atoms with Gasteiger partial charge in [0, 0.05) is 6.07 Å². The molecule has 1 aromatic carbocycles. The summed E-state index contributed by atoms with van der Waals surface area (Å²) in [6, 6.07) is -0.669. The average Bonchev–Trinajstić information content (AvgIpc) is 2.20. The highest BCUT2D eigenvalue weighted by Crippen LogP contribution is 2.26. The zero-order valence-electron chi connectivity index (χ0n) is 9.61. The van der Waals surface area contributed by atoms with Gasteiger partial charge in [-0.1, -0.05) is 0 Å². The first-order valence-electron chi connectivity index (χ1n) is 4.96. The van der Waals surface area contributed by atoms with Gasteiger partial charge in [-0.2, -0.15) is 0 Å². The second-order valence-corrected chi connectivity index (χ2v) is 4.36. The summed E-state index contributed by atoms with van der Waals surface area (Å²) >= 11 is 0. The number of benzene rings is 1. The van der Waals surface area contributed by atoms with E-state index < -0.39 is 40.6 Å². The first-order chi connectivity index (χ1) is 7.64. The van der Waals surface area contributed by atoms with Gasteiger partial charge >= 0.3 is 0 Å². The van der Waals surface area contributed by atoms with E-state index in [9.17, 15) is 22.7 Å². The van der Waals surface area contributed by atoms with E-state index in [4.69, 9.17) is 0 Å². The van der Waals surface area contributed by atoms with Gasteiger partial charge < -0.3 is 10.4 Å². The van der Waals surface area contributed by atoms with Crippen molar-refractivity contribution >= 4 is 5.69 Å². The Morgan fingerprint density at radius 1 is 1.12 bits per heavy atom. The van der Waals surface area contributed by atoms with Crippen LogP contribution in [0.2, 0.25) is 0 Å². The lowest BCUT2D eigenvalue weighted by molar-refractivity contribution is 0.0646. The number of hydrogen-bond acceptors (Lipinski definition) is 2. The second-order valence-electron chi connectivity index (χ2n) is 4.36. The fourth-order valence-electron chi connectivity index (χ4n) is 1.09. The van der Waals surface area contributed by atoms with Crippen molar-refractivity contribution in [2.24, 2.45) is 0 Å². The molecule has 0 saturated heterocycles. The summed E-state index contributed by atoms with van der Waals surface area (Å²) in [6.45, 7) is 4.23. The van der Waals surface area contributed by atoms with E-state index in [0.29, 0.717) is 0 Å². The zero-order chi connectivity index (χ0) is 13.4. The molecule has 0 aliphatic heterocycles. The van der Waals surface area contributed by atoms with Crippen molar-refractivity contribution in [3.63, 3.8) is 0 Å². The van der Waals surface area contributed by atoms with Crippen molar-refractivity contribution in [1.82, 2.24) is 0 Å². The molecule has 1 rings (SSSR count). The number of rotatable bonds is 3. The molecule has 0 saturated carbocycles. The van der Waals surface area contributed by atoms with E-state index in [-0.39, 0.29) is 6.07 Å². The summed E-state index contributed by atoms with van der Waals surface area (Å²) in [5.74, 6) is -6.01. The Morgan fingerprint density at radius 2 is 1.53 bits per heavy atom. The third kappa shape index (κ3) is 2.88. The lowest BCUT2D eigenvalue weighted by Gasteiger charge is -2.28. The summed E-state index contributed by atoms with van der Waals surface area (Å²) in [4.78, 5) is 0. The van der Waals surface area contributed by atoms with Crippen LogP contribution in [0.4, 0.5) is 23.2 Å². The fourth-order valence-corrected chi connectivity index (χ4v) is 1.09. The molecule has 1 unspecified atom stereocenters. The Labute approximate surface area is 96.3 Å². The lowest BCUT2D eigenvalue weighted by atomic mass is 10.0. The standard InChI is InChI=1S/C11H13F4NO/c1-5(11(2,3)17)16-10-8(14)6(12)4-7(13)9(10)15/h4-5,16-17H,1-3H3. The van der Waals surface area contributed by atoms with Crippen LogP contribution in [-0.2, 0) is 0 Å². The highest BCUT2D eigenvalue weighted by molar-refractivity contribution is 5.48. The molecule has 0 aliphatic rings. The van der Waals surface area contributed by atoms with Crippen molar-refractivity contribution < 1.29 is 22.7 Å². The molecule has 0 bridgehead atoms. The Balaban J connectivity index is 3.15. The average molecular weight is 251 g/mol. The number of halogens is 4. The number of nitrogens with one attached hydrogen (secondary N) is 1. The molecular formula is C11H13F4NO. The maximum Gasteiger partial charge on any atom is 0.185 e. The van der Waals surface area contributed by atoms with Crippen molar-refractivity contribution in [3.05, 3.63) is 29.3 Å². The molecule has 1 aromatic rings. The van der Waals surface area contributed by atoms with Gasteiger partial charge in [-0.15, -0.1) is 0 Å². The third-order valence-corrected chi connectivity index (χ3v) is 2.53. The molecule has 96 valence electrons. The second kappa shape index (κ2) is 4.52. The van der Waals surface area contributed by atoms with Crippen molar-refractivity contribution in [2.75, 3.05) is 5.32 Å². The van der Waals surface area contributed by atoms with E-state index in [1.165, 1.54) is 20.8 Å². The predicted molar refractivity (Wildman–Crippen MR) is 55.7 cm³/mol. The van der Waals surface area contributed by atoms with Crippen LogP contribution in [0.5, 0.6) is 0 Å². The van der Waals surface area contributed by atoms with Crippen LogP contribution in [-0.4, -0.2) is 16.7 Å². The summed E-state index contributed by atoms with van der Waals surface area (Å²) in [5.41, 5.74) is -2.22. The largest absolute Gasteiger partial charge is 0.388 e. The molecule has 0 fully saturated rings. The minimum Gasteiger partial charge on any atom is -0.388 e. The number of aliphatic hydroxyl groups is 1. The van der Waals surface area contributed by atoms with Crippen LogP contribution in [0.3, 0.4) is 0 Å². The van der Waals surface area contributed by atoms with E-state index in [2.05, 4.69) is 5.32 Å². The van der Waals surface area contributed by atoms with Crippen molar-refractivity contribution in [2.45, 2.75) is 32.4 Å². The number of hydrogen-bond donors (Lipinski definition) is 2. The topological polar surface area (TPSA) is 32.3 Å². The normalized spacial score (nSPS) is 13.6. The molecule has 0 spiro atoms. The molecule has 1 atom stereocenters. The Kier molecular flexibility index (Phi) is 3.66.